The van der Waals surface area contributed by atoms with Crippen molar-refractivity contribution in [3.63, 3.8) is 0 Å². The number of rotatable bonds is 6. The highest BCUT2D eigenvalue weighted by Gasteiger charge is 2.00. The standard InChI is InChI=1S/C11H17NO2/c1-4-5-8-12-9-6-7-10(2)11(13)14-3/h6-7,9H,2,4-5,8H2,1,3H3/p+1/b7-6-,12-9?. The Labute approximate surface area is 85.2 Å². The predicted octanol–water partition coefficient (Wildman–Crippen LogP) is 0.223. The maximum absolute atomic E-state index is 10.9. The molecule has 0 aliphatic carbocycles. The zero-order valence-corrected chi connectivity index (χ0v) is 8.88. The van der Waals surface area contributed by atoms with E-state index in [0.29, 0.717) is 5.57 Å². The minimum absolute atomic E-state index is 0.348. The fourth-order valence-corrected chi connectivity index (χ4v) is 0.794. The van der Waals surface area contributed by atoms with Gasteiger partial charge in [0.25, 0.3) is 0 Å². The summed E-state index contributed by atoms with van der Waals surface area (Å²) in [5.41, 5.74) is 0.348. The molecule has 1 N–H and O–H groups in total. The number of allylic oxidation sites excluding steroid dienone is 1. The van der Waals surface area contributed by atoms with Gasteiger partial charge in [0, 0.05) is 12.5 Å². The van der Waals surface area contributed by atoms with Crippen LogP contribution in [0.15, 0.2) is 24.3 Å². The molecule has 78 valence electrons. The van der Waals surface area contributed by atoms with Gasteiger partial charge >= 0.3 is 5.97 Å². The minimum Gasteiger partial charge on any atom is -0.465 e. The molecule has 3 heteroatoms. The van der Waals surface area contributed by atoms with Gasteiger partial charge in [0.1, 0.15) is 6.54 Å². The van der Waals surface area contributed by atoms with E-state index in [2.05, 4.69) is 23.2 Å². The van der Waals surface area contributed by atoms with Crippen LogP contribution in [-0.4, -0.2) is 25.8 Å². The van der Waals surface area contributed by atoms with Crippen LogP contribution >= 0.6 is 0 Å². The highest BCUT2D eigenvalue weighted by atomic mass is 16.5. The van der Waals surface area contributed by atoms with Gasteiger partial charge in [0.15, 0.2) is 6.21 Å². The molecule has 0 heterocycles. The molecule has 3 nitrogen and oxygen atoms in total. The van der Waals surface area contributed by atoms with Crippen molar-refractivity contribution in [3.8, 4) is 0 Å². The molecule has 0 saturated heterocycles. The van der Waals surface area contributed by atoms with E-state index >= 15 is 0 Å². The van der Waals surface area contributed by atoms with Crippen LogP contribution in [0.3, 0.4) is 0 Å². The van der Waals surface area contributed by atoms with Crippen LogP contribution < -0.4 is 4.99 Å². The van der Waals surface area contributed by atoms with Crippen molar-refractivity contribution in [1.82, 2.24) is 0 Å². The molecule has 0 unspecified atom stereocenters. The summed E-state index contributed by atoms with van der Waals surface area (Å²) in [5, 5.41) is 0. The van der Waals surface area contributed by atoms with E-state index in [1.165, 1.54) is 13.5 Å². The highest BCUT2D eigenvalue weighted by molar-refractivity contribution is 5.91. The largest absolute Gasteiger partial charge is 0.465 e. The van der Waals surface area contributed by atoms with E-state index in [1.54, 1.807) is 18.4 Å². The van der Waals surface area contributed by atoms with Crippen LogP contribution in [0.4, 0.5) is 0 Å². The lowest BCUT2D eigenvalue weighted by Crippen LogP contribution is -2.68. The Morgan fingerprint density at radius 2 is 2.29 bits per heavy atom. The SMILES string of the molecule is C=C(/C=C\C=[NH+]CCCC)C(=O)OC. The summed E-state index contributed by atoms with van der Waals surface area (Å²) in [4.78, 5) is 14.0. The molecule has 0 aliphatic rings. The molecule has 0 aromatic rings. The summed E-state index contributed by atoms with van der Waals surface area (Å²) in [7, 11) is 1.34. The van der Waals surface area contributed by atoms with Crippen LogP contribution in [0.2, 0.25) is 0 Å². The van der Waals surface area contributed by atoms with Crippen LogP contribution in [0.25, 0.3) is 0 Å². The van der Waals surface area contributed by atoms with Crippen LogP contribution in [0, 0.1) is 0 Å². The lowest BCUT2D eigenvalue weighted by molar-refractivity contribution is -0.451. The molecule has 0 aromatic carbocycles. The number of hydrogen-bond acceptors (Lipinski definition) is 2. The van der Waals surface area contributed by atoms with E-state index < -0.39 is 5.97 Å². The Hall–Kier alpha value is -1.38. The van der Waals surface area contributed by atoms with Crippen molar-refractivity contribution in [1.29, 1.82) is 0 Å². The number of carbonyl (C=O) groups excluding carboxylic acids is 1. The number of methoxy groups -OCH3 is 1. The molecule has 14 heavy (non-hydrogen) atoms. The molecule has 0 saturated carbocycles. The second-order valence-electron chi connectivity index (χ2n) is 2.85. The zero-order chi connectivity index (χ0) is 10.8. The van der Waals surface area contributed by atoms with Crippen molar-refractivity contribution >= 4 is 12.2 Å². The Kier molecular flexibility index (Phi) is 7.42. The van der Waals surface area contributed by atoms with E-state index in [1.807, 2.05) is 0 Å². The monoisotopic (exact) mass is 196 g/mol. The Morgan fingerprint density at radius 1 is 1.57 bits per heavy atom. The van der Waals surface area contributed by atoms with Crippen molar-refractivity contribution in [2.24, 2.45) is 0 Å². The second-order valence-corrected chi connectivity index (χ2v) is 2.85. The fraction of sp³-hybridized carbons (Fsp3) is 0.455. The van der Waals surface area contributed by atoms with Gasteiger partial charge in [-0.05, 0) is 6.08 Å². The van der Waals surface area contributed by atoms with Gasteiger partial charge < -0.3 is 4.74 Å². The van der Waals surface area contributed by atoms with Gasteiger partial charge in [0.2, 0.25) is 0 Å². The van der Waals surface area contributed by atoms with Gasteiger partial charge in [-0.15, -0.1) is 0 Å². The molecule has 0 spiro atoms. The Balaban J connectivity index is 3.77. The minimum atomic E-state index is -0.400. The lowest BCUT2D eigenvalue weighted by Gasteiger charge is -1.93. The van der Waals surface area contributed by atoms with Crippen molar-refractivity contribution in [3.05, 3.63) is 24.3 Å². The normalized spacial score (nSPS) is 11.0. The van der Waals surface area contributed by atoms with Gasteiger partial charge in [-0.2, -0.15) is 0 Å². The molecule has 0 amide bonds. The Bertz CT molecular complexity index is 242. The fourth-order valence-electron chi connectivity index (χ4n) is 0.794. The number of nitrogens with one attached hydrogen (secondary N) is 1. The molecule has 0 bridgehead atoms. The number of ether oxygens (including phenoxy) is 1. The van der Waals surface area contributed by atoms with Gasteiger partial charge in [-0.1, -0.05) is 19.9 Å². The molecule has 0 aliphatic heterocycles. The first-order valence-corrected chi connectivity index (χ1v) is 4.72. The van der Waals surface area contributed by atoms with E-state index in [4.69, 9.17) is 0 Å². The predicted molar refractivity (Wildman–Crippen MR) is 57.1 cm³/mol. The van der Waals surface area contributed by atoms with Crippen molar-refractivity contribution in [2.45, 2.75) is 19.8 Å². The smallest absolute Gasteiger partial charge is 0.337 e. The quantitative estimate of drug-likeness (QED) is 0.217. The topological polar surface area (TPSA) is 40.3 Å². The van der Waals surface area contributed by atoms with Crippen LogP contribution in [0.5, 0.6) is 0 Å². The number of hydrogen-bond donors (Lipinski definition) is 1. The van der Waals surface area contributed by atoms with E-state index in [-0.39, 0.29) is 0 Å². The maximum atomic E-state index is 10.9. The first kappa shape index (κ1) is 12.6. The van der Waals surface area contributed by atoms with Crippen molar-refractivity contribution in [2.75, 3.05) is 13.7 Å². The van der Waals surface area contributed by atoms with Crippen LogP contribution in [-0.2, 0) is 9.53 Å². The number of carbonyl (C=O) groups is 1. The molecule has 0 radical (unpaired) electrons. The molecule has 0 fully saturated rings. The maximum Gasteiger partial charge on any atom is 0.337 e. The number of esters is 1. The first-order chi connectivity index (χ1) is 6.72. The first-order valence-electron chi connectivity index (χ1n) is 4.72. The summed E-state index contributed by atoms with van der Waals surface area (Å²) in [5.74, 6) is -0.400. The second kappa shape index (κ2) is 8.23. The molecular formula is C11H18NO2+. The summed E-state index contributed by atoms with van der Waals surface area (Å²) < 4.78 is 4.48. The van der Waals surface area contributed by atoms with Gasteiger partial charge in [-0.3, -0.25) is 0 Å². The third-order valence-electron chi connectivity index (χ3n) is 1.63. The summed E-state index contributed by atoms with van der Waals surface area (Å²) in [6.45, 7) is 6.64. The number of unbranched alkanes of at least 4 members (excludes halogenated alkanes) is 1. The van der Waals surface area contributed by atoms with Gasteiger partial charge in [0.05, 0.1) is 12.7 Å². The summed E-state index contributed by atoms with van der Waals surface area (Å²) >= 11 is 0. The average molecular weight is 196 g/mol. The summed E-state index contributed by atoms with van der Waals surface area (Å²) in [6, 6.07) is 0. The highest BCUT2D eigenvalue weighted by Crippen LogP contribution is 1.93. The third-order valence-corrected chi connectivity index (χ3v) is 1.63. The molecule has 0 atom stereocenters. The molecule has 0 aromatic heterocycles. The van der Waals surface area contributed by atoms with Crippen LogP contribution in [0.1, 0.15) is 19.8 Å². The molecule has 0 rings (SSSR count). The van der Waals surface area contributed by atoms with E-state index in [9.17, 15) is 4.79 Å². The zero-order valence-electron chi connectivity index (χ0n) is 8.88. The Morgan fingerprint density at radius 3 is 2.86 bits per heavy atom. The third kappa shape index (κ3) is 6.17. The summed E-state index contributed by atoms with van der Waals surface area (Å²) in [6.07, 6.45) is 7.46. The van der Waals surface area contributed by atoms with E-state index in [0.717, 1.165) is 13.0 Å². The average Bonchev–Trinajstić information content (AvgIpc) is 2.21. The molecular weight excluding hydrogens is 178 g/mol. The van der Waals surface area contributed by atoms with Crippen molar-refractivity contribution < 1.29 is 14.5 Å². The lowest BCUT2D eigenvalue weighted by atomic mass is 10.3. The van der Waals surface area contributed by atoms with Gasteiger partial charge in [-0.25, -0.2) is 9.79 Å².